The minimum Gasteiger partial charge on any atom is -0.366 e. The summed E-state index contributed by atoms with van der Waals surface area (Å²) < 4.78 is 41.2. The van der Waals surface area contributed by atoms with Gasteiger partial charge in [0.25, 0.3) is 0 Å². The normalized spacial score (nSPS) is 11.3. The van der Waals surface area contributed by atoms with Crippen LogP contribution in [0.1, 0.15) is 21.5 Å². The van der Waals surface area contributed by atoms with E-state index in [1.165, 1.54) is 36.5 Å². The number of hydrogen-bond donors (Lipinski definition) is 2. The summed E-state index contributed by atoms with van der Waals surface area (Å²) in [7, 11) is 0. The van der Waals surface area contributed by atoms with E-state index >= 15 is 0 Å². The standard InChI is InChI=1S/C23H14F3N3O2/c24-18-5-2-13(9-20(18)26)22(31)16-4-1-12(8-19(16)25)15-7-17-14(3-6-21(27)30)10-28-23(17)29-11-15/h1-11H,(H2,27,30)(H,28,29)/b6-3+. The number of ketones is 1. The molecule has 31 heavy (non-hydrogen) atoms. The molecule has 1 amide bonds. The molecule has 0 saturated heterocycles. The lowest BCUT2D eigenvalue weighted by Gasteiger charge is -2.07. The molecule has 0 unspecified atom stereocenters. The van der Waals surface area contributed by atoms with Crippen LogP contribution in [0.4, 0.5) is 13.2 Å². The van der Waals surface area contributed by atoms with E-state index < -0.39 is 29.1 Å². The Balaban J connectivity index is 1.69. The molecule has 0 radical (unpaired) electrons. The highest BCUT2D eigenvalue weighted by Crippen LogP contribution is 2.27. The number of benzene rings is 2. The fourth-order valence-corrected chi connectivity index (χ4v) is 3.16. The predicted molar refractivity (Wildman–Crippen MR) is 110 cm³/mol. The molecule has 154 valence electrons. The Kier molecular flexibility index (Phi) is 5.12. The average Bonchev–Trinajstić information content (AvgIpc) is 3.16. The Hall–Kier alpha value is -4.20. The van der Waals surface area contributed by atoms with Crippen LogP contribution in [0.3, 0.4) is 0 Å². The zero-order valence-electron chi connectivity index (χ0n) is 15.8. The lowest BCUT2D eigenvalue weighted by Crippen LogP contribution is -2.05. The second-order valence-corrected chi connectivity index (χ2v) is 6.75. The molecule has 2 aromatic heterocycles. The maximum Gasteiger partial charge on any atom is 0.241 e. The number of amides is 1. The lowest BCUT2D eigenvalue weighted by molar-refractivity contribution is -0.113. The minimum absolute atomic E-state index is 0.160. The van der Waals surface area contributed by atoms with E-state index in [0.29, 0.717) is 27.7 Å². The molecule has 4 aromatic rings. The fraction of sp³-hybridized carbons (Fsp3) is 0. The molecule has 0 aliphatic heterocycles. The molecule has 5 nitrogen and oxygen atoms in total. The third kappa shape index (κ3) is 3.95. The predicted octanol–water partition coefficient (Wildman–Crippen LogP) is 4.38. The summed E-state index contributed by atoms with van der Waals surface area (Å²) >= 11 is 0. The van der Waals surface area contributed by atoms with Gasteiger partial charge in [-0.3, -0.25) is 9.59 Å². The molecule has 8 heteroatoms. The van der Waals surface area contributed by atoms with Gasteiger partial charge in [-0.05, 0) is 48.0 Å². The molecule has 2 heterocycles. The maximum absolute atomic E-state index is 14.7. The van der Waals surface area contributed by atoms with E-state index in [9.17, 15) is 22.8 Å². The van der Waals surface area contributed by atoms with Crippen LogP contribution in [-0.2, 0) is 4.79 Å². The Morgan fingerprint density at radius 3 is 2.45 bits per heavy atom. The fourth-order valence-electron chi connectivity index (χ4n) is 3.16. The van der Waals surface area contributed by atoms with Crippen molar-refractivity contribution in [3.8, 4) is 11.1 Å². The number of nitrogens with zero attached hydrogens (tertiary/aromatic N) is 1. The summed E-state index contributed by atoms with van der Waals surface area (Å²) in [6, 6.07) is 8.38. The molecule has 0 fully saturated rings. The van der Waals surface area contributed by atoms with E-state index in [0.717, 1.165) is 18.2 Å². The van der Waals surface area contributed by atoms with Crippen molar-refractivity contribution >= 4 is 28.8 Å². The summed E-state index contributed by atoms with van der Waals surface area (Å²) in [6.07, 6.45) is 5.95. The van der Waals surface area contributed by atoms with Gasteiger partial charge in [-0.1, -0.05) is 6.07 Å². The van der Waals surface area contributed by atoms with Crippen molar-refractivity contribution in [3.63, 3.8) is 0 Å². The van der Waals surface area contributed by atoms with Gasteiger partial charge < -0.3 is 10.7 Å². The zero-order valence-corrected chi connectivity index (χ0v) is 15.8. The molecule has 0 aliphatic carbocycles. The van der Waals surface area contributed by atoms with E-state index in [4.69, 9.17) is 5.73 Å². The molecule has 0 atom stereocenters. The van der Waals surface area contributed by atoms with Gasteiger partial charge >= 0.3 is 0 Å². The van der Waals surface area contributed by atoms with Crippen molar-refractivity contribution in [1.82, 2.24) is 9.97 Å². The van der Waals surface area contributed by atoms with Gasteiger partial charge in [-0.2, -0.15) is 0 Å². The first-order valence-electron chi connectivity index (χ1n) is 9.08. The van der Waals surface area contributed by atoms with Gasteiger partial charge in [-0.15, -0.1) is 0 Å². The number of H-pyrrole nitrogens is 1. The lowest BCUT2D eigenvalue weighted by atomic mass is 9.98. The maximum atomic E-state index is 14.7. The number of pyridine rings is 1. The summed E-state index contributed by atoms with van der Waals surface area (Å²) in [5.41, 5.74) is 6.97. The topological polar surface area (TPSA) is 88.8 Å². The molecule has 0 spiro atoms. The Morgan fingerprint density at radius 1 is 0.935 bits per heavy atom. The van der Waals surface area contributed by atoms with Gasteiger partial charge in [0, 0.05) is 40.5 Å². The number of fused-ring (bicyclic) bond motifs is 1. The van der Waals surface area contributed by atoms with Crippen molar-refractivity contribution in [1.29, 1.82) is 0 Å². The van der Waals surface area contributed by atoms with Gasteiger partial charge in [-0.25, -0.2) is 18.2 Å². The molecule has 0 saturated carbocycles. The number of carbonyl (C=O) groups is 2. The molecule has 0 bridgehead atoms. The third-order valence-corrected chi connectivity index (χ3v) is 4.72. The SMILES string of the molecule is NC(=O)/C=C/c1c[nH]c2ncc(-c3ccc(C(=O)c4ccc(F)c(F)c4)c(F)c3)cc12. The van der Waals surface area contributed by atoms with Crippen LogP contribution >= 0.6 is 0 Å². The second-order valence-electron chi connectivity index (χ2n) is 6.75. The van der Waals surface area contributed by atoms with Gasteiger partial charge in [0.15, 0.2) is 17.4 Å². The highest BCUT2D eigenvalue weighted by Gasteiger charge is 2.17. The summed E-state index contributed by atoms with van der Waals surface area (Å²) in [5.74, 6) is -4.45. The number of halogens is 3. The first kappa shape index (κ1) is 20.1. The smallest absolute Gasteiger partial charge is 0.241 e. The van der Waals surface area contributed by atoms with Crippen LogP contribution in [0.2, 0.25) is 0 Å². The van der Waals surface area contributed by atoms with Crippen molar-refractivity contribution in [3.05, 3.63) is 95.1 Å². The van der Waals surface area contributed by atoms with E-state index in [1.54, 1.807) is 12.3 Å². The van der Waals surface area contributed by atoms with Crippen LogP contribution < -0.4 is 5.73 Å². The van der Waals surface area contributed by atoms with E-state index in [1.807, 2.05) is 0 Å². The highest BCUT2D eigenvalue weighted by atomic mass is 19.2. The number of carbonyl (C=O) groups excluding carboxylic acids is 2. The number of nitrogens with two attached hydrogens (primary N) is 1. The van der Waals surface area contributed by atoms with Crippen molar-refractivity contribution in [2.75, 3.05) is 0 Å². The first-order chi connectivity index (χ1) is 14.8. The zero-order chi connectivity index (χ0) is 22.1. The minimum atomic E-state index is -1.19. The van der Waals surface area contributed by atoms with Crippen molar-refractivity contribution in [2.24, 2.45) is 5.73 Å². The number of hydrogen-bond acceptors (Lipinski definition) is 3. The van der Waals surface area contributed by atoms with Crippen LogP contribution in [0.15, 0.2) is 60.9 Å². The van der Waals surface area contributed by atoms with Gasteiger partial charge in [0.1, 0.15) is 11.5 Å². The van der Waals surface area contributed by atoms with Crippen LogP contribution in [0.5, 0.6) is 0 Å². The van der Waals surface area contributed by atoms with Crippen LogP contribution in [0, 0.1) is 17.5 Å². The first-order valence-corrected chi connectivity index (χ1v) is 9.08. The summed E-state index contributed by atoms with van der Waals surface area (Å²) in [5, 5.41) is 0.692. The van der Waals surface area contributed by atoms with Gasteiger partial charge in [0.05, 0.1) is 5.56 Å². The molecule has 4 rings (SSSR count). The van der Waals surface area contributed by atoms with Crippen molar-refractivity contribution in [2.45, 2.75) is 0 Å². The Labute approximate surface area is 174 Å². The number of aromatic nitrogens is 2. The van der Waals surface area contributed by atoms with Crippen LogP contribution in [0.25, 0.3) is 28.2 Å². The Bertz CT molecular complexity index is 1380. The van der Waals surface area contributed by atoms with Gasteiger partial charge in [0.2, 0.25) is 5.91 Å². The third-order valence-electron chi connectivity index (χ3n) is 4.72. The van der Waals surface area contributed by atoms with Crippen molar-refractivity contribution < 1.29 is 22.8 Å². The summed E-state index contributed by atoms with van der Waals surface area (Å²) in [6.45, 7) is 0. The molecular formula is C23H14F3N3O2. The monoisotopic (exact) mass is 421 g/mol. The van der Waals surface area contributed by atoms with E-state index in [2.05, 4.69) is 9.97 Å². The molecular weight excluding hydrogens is 407 g/mol. The number of nitrogens with one attached hydrogen (secondary N) is 1. The number of aromatic amines is 1. The number of rotatable bonds is 5. The highest BCUT2D eigenvalue weighted by molar-refractivity contribution is 6.09. The molecule has 2 aromatic carbocycles. The van der Waals surface area contributed by atoms with Crippen LogP contribution in [-0.4, -0.2) is 21.7 Å². The second kappa shape index (κ2) is 7.91. The number of primary amides is 1. The molecule has 3 N–H and O–H groups in total. The van der Waals surface area contributed by atoms with E-state index in [-0.39, 0.29) is 11.1 Å². The average molecular weight is 421 g/mol. The summed E-state index contributed by atoms with van der Waals surface area (Å²) in [4.78, 5) is 30.7. The largest absolute Gasteiger partial charge is 0.366 e. The molecule has 0 aliphatic rings. The quantitative estimate of drug-likeness (QED) is 0.370. The Morgan fingerprint density at radius 2 is 1.74 bits per heavy atom.